The minimum absolute atomic E-state index is 0.129. The predicted molar refractivity (Wildman–Crippen MR) is 208 cm³/mol. The zero-order valence-corrected chi connectivity index (χ0v) is 32.1. The van der Waals surface area contributed by atoms with Crippen LogP contribution in [0.4, 0.5) is 0 Å². The van der Waals surface area contributed by atoms with Gasteiger partial charge in [-0.3, -0.25) is 40.9 Å². The second kappa shape index (κ2) is 26.7. The van der Waals surface area contributed by atoms with Gasteiger partial charge in [-0.2, -0.15) is 0 Å². The molecular formula is C42H66N4O6. The molecule has 0 saturated heterocycles. The van der Waals surface area contributed by atoms with Crippen molar-refractivity contribution >= 4 is 23.6 Å². The van der Waals surface area contributed by atoms with Crippen LogP contribution in [0.25, 0.3) is 0 Å². The van der Waals surface area contributed by atoms with Gasteiger partial charge in [0.05, 0.1) is 11.1 Å². The molecule has 2 rings (SSSR count). The number of carbonyl (C=O) groups is 4. The zero-order valence-electron chi connectivity index (χ0n) is 32.1. The number of rotatable bonds is 26. The molecule has 0 aliphatic rings. The van der Waals surface area contributed by atoms with Gasteiger partial charge in [0.1, 0.15) is 11.5 Å². The van der Waals surface area contributed by atoms with Crippen molar-refractivity contribution < 1.29 is 29.4 Å². The lowest BCUT2D eigenvalue weighted by Crippen LogP contribution is -2.44. The Hall–Kier alpha value is -4.08. The summed E-state index contributed by atoms with van der Waals surface area (Å²) in [4.78, 5) is 51.1. The van der Waals surface area contributed by atoms with Crippen molar-refractivity contribution in [2.24, 2.45) is 5.92 Å². The molecule has 1 unspecified atom stereocenters. The van der Waals surface area contributed by atoms with Gasteiger partial charge < -0.3 is 10.2 Å². The summed E-state index contributed by atoms with van der Waals surface area (Å²) in [5.41, 5.74) is 12.1. The summed E-state index contributed by atoms with van der Waals surface area (Å²) in [5, 5.41) is 20.6. The van der Waals surface area contributed by atoms with Crippen LogP contribution in [0.15, 0.2) is 36.4 Å². The fraction of sp³-hybridized carbons (Fsp3) is 0.619. The smallest absolute Gasteiger partial charge is 0.273 e. The number of aryl methyl sites for hydroxylation is 2. The first-order valence-corrected chi connectivity index (χ1v) is 20.0. The number of amides is 4. The van der Waals surface area contributed by atoms with Gasteiger partial charge >= 0.3 is 0 Å². The Morgan fingerprint density at radius 1 is 0.519 bits per heavy atom. The third kappa shape index (κ3) is 17.9. The van der Waals surface area contributed by atoms with Crippen LogP contribution in [0.5, 0.6) is 11.5 Å². The first-order chi connectivity index (χ1) is 25.2. The Kier molecular flexibility index (Phi) is 22.6. The number of hydrogen-bond acceptors (Lipinski definition) is 6. The zero-order chi connectivity index (χ0) is 38.0. The minimum Gasteiger partial charge on any atom is -0.507 e. The molecule has 2 aromatic carbocycles. The molecule has 4 amide bonds. The van der Waals surface area contributed by atoms with Gasteiger partial charge in [-0.1, -0.05) is 123 Å². The molecule has 52 heavy (non-hydrogen) atoms. The highest BCUT2D eigenvalue weighted by Gasteiger charge is 2.20. The topological polar surface area (TPSA) is 157 Å². The van der Waals surface area contributed by atoms with E-state index in [-0.39, 0.29) is 46.8 Å². The first-order valence-electron chi connectivity index (χ1n) is 20.0. The second-order valence-electron chi connectivity index (χ2n) is 14.1. The highest BCUT2D eigenvalue weighted by Crippen LogP contribution is 2.22. The number of hydrazine groups is 2. The second-order valence-corrected chi connectivity index (χ2v) is 14.1. The van der Waals surface area contributed by atoms with E-state index in [9.17, 15) is 29.4 Å². The van der Waals surface area contributed by atoms with Crippen molar-refractivity contribution in [2.45, 2.75) is 162 Å². The van der Waals surface area contributed by atoms with Crippen molar-refractivity contribution in [3.63, 3.8) is 0 Å². The van der Waals surface area contributed by atoms with Crippen LogP contribution >= 0.6 is 0 Å². The summed E-state index contributed by atoms with van der Waals surface area (Å²) in [6, 6.07) is 10.1. The van der Waals surface area contributed by atoms with E-state index in [1.165, 1.54) is 63.5 Å². The van der Waals surface area contributed by atoms with Gasteiger partial charge in [-0.15, -0.1) is 0 Å². The minimum atomic E-state index is -0.566. The van der Waals surface area contributed by atoms with Gasteiger partial charge in [0.15, 0.2) is 0 Å². The maximum Gasteiger partial charge on any atom is 0.273 e. The fourth-order valence-electron chi connectivity index (χ4n) is 6.31. The largest absolute Gasteiger partial charge is 0.507 e. The predicted octanol–water partition coefficient (Wildman–Crippen LogP) is 8.88. The first kappa shape index (κ1) is 44.1. The molecule has 0 aliphatic carbocycles. The Morgan fingerprint density at radius 2 is 0.962 bits per heavy atom. The van der Waals surface area contributed by atoms with Crippen LogP contribution in [0.2, 0.25) is 0 Å². The van der Waals surface area contributed by atoms with Gasteiger partial charge in [0.2, 0.25) is 11.8 Å². The quantitative estimate of drug-likeness (QED) is 0.0421. The molecule has 0 aromatic heterocycles. The summed E-state index contributed by atoms with van der Waals surface area (Å²) in [5.74, 6) is -2.29. The van der Waals surface area contributed by atoms with Crippen molar-refractivity contribution in [2.75, 3.05) is 0 Å². The highest BCUT2D eigenvalue weighted by atomic mass is 16.3. The fourth-order valence-corrected chi connectivity index (χ4v) is 6.31. The summed E-state index contributed by atoms with van der Waals surface area (Å²) < 4.78 is 0. The standard InChI is InChI=1S/C42H66N4O6/c1-4-7-10-12-14-17-21-32-26-28-37(47)35(30-32)41(51)45-43-39(49)25-20-16-19-24-34(23-9-6-3)40(50)44-46-42(52)36-31-33(27-29-38(36)48)22-18-15-13-11-8-5-2/h26-31,34,47-48H,4-25H2,1-3H3,(H,43,49)(H,44,50)(H,45,51)(H,46,52). The molecule has 2 aromatic rings. The number of benzene rings is 2. The average molecular weight is 723 g/mol. The molecule has 10 nitrogen and oxygen atoms in total. The highest BCUT2D eigenvalue weighted by molar-refractivity contribution is 5.98. The number of aromatic hydroxyl groups is 2. The summed E-state index contributed by atoms with van der Waals surface area (Å²) in [7, 11) is 0. The van der Waals surface area contributed by atoms with Gasteiger partial charge in [0, 0.05) is 12.3 Å². The maximum absolute atomic E-state index is 13.1. The molecule has 0 saturated carbocycles. The average Bonchev–Trinajstić information content (AvgIpc) is 3.14. The van der Waals surface area contributed by atoms with Gasteiger partial charge in [-0.25, -0.2) is 0 Å². The summed E-state index contributed by atoms with van der Waals surface area (Å²) >= 11 is 0. The molecule has 0 bridgehead atoms. The molecule has 0 heterocycles. The van der Waals surface area contributed by atoms with Crippen LogP contribution in [0, 0.1) is 5.92 Å². The van der Waals surface area contributed by atoms with Crippen LogP contribution in [-0.2, 0) is 22.4 Å². The van der Waals surface area contributed by atoms with Gasteiger partial charge in [0.25, 0.3) is 11.8 Å². The Balaban J connectivity index is 1.73. The molecular weight excluding hydrogens is 656 g/mol. The third-order valence-corrected chi connectivity index (χ3v) is 9.60. The molecule has 6 N–H and O–H groups in total. The number of phenols is 2. The van der Waals surface area contributed by atoms with E-state index in [1.54, 1.807) is 12.1 Å². The molecule has 290 valence electrons. The molecule has 10 heteroatoms. The lowest BCUT2D eigenvalue weighted by Gasteiger charge is -2.17. The van der Waals surface area contributed by atoms with Crippen molar-refractivity contribution in [3.8, 4) is 11.5 Å². The Labute approximate surface area is 312 Å². The van der Waals surface area contributed by atoms with Crippen molar-refractivity contribution in [1.82, 2.24) is 21.7 Å². The van der Waals surface area contributed by atoms with E-state index in [4.69, 9.17) is 0 Å². The molecule has 0 aliphatic heterocycles. The van der Waals surface area contributed by atoms with E-state index in [2.05, 4.69) is 42.5 Å². The van der Waals surface area contributed by atoms with Crippen LogP contribution in [0.1, 0.15) is 181 Å². The van der Waals surface area contributed by atoms with E-state index in [0.29, 0.717) is 25.7 Å². The third-order valence-electron chi connectivity index (χ3n) is 9.60. The summed E-state index contributed by atoms with van der Waals surface area (Å²) in [6.45, 7) is 6.45. The number of nitrogens with one attached hydrogen (secondary N) is 4. The lowest BCUT2D eigenvalue weighted by molar-refractivity contribution is -0.126. The maximum atomic E-state index is 13.1. The van der Waals surface area contributed by atoms with Crippen molar-refractivity contribution in [3.05, 3.63) is 58.7 Å². The van der Waals surface area contributed by atoms with E-state index in [1.807, 2.05) is 12.1 Å². The van der Waals surface area contributed by atoms with E-state index in [0.717, 1.165) is 68.9 Å². The van der Waals surface area contributed by atoms with E-state index < -0.39 is 11.8 Å². The molecule has 0 fully saturated rings. The van der Waals surface area contributed by atoms with Crippen LogP contribution < -0.4 is 21.7 Å². The lowest BCUT2D eigenvalue weighted by atomic mass is 9.94. The monoisotopic (exact) mass is 722 g/mol. The SMILES string of the molecule is CCCCCCCCc1ccc(O)c(C(=O)NNC(=O)CCCCCC(CCCC)C(=O)NNC(=O)c2cc(CCCCCCCC)ccc2O)c1. The van der Waals surface area contributed by atoms with Crippen LogP contribution in [0.3, 0.4) is 0 Å². The molecule has 0 spiro atoms. The number of carbonyl (C=O) groups excluding carboxylic acids is 4. The van der Waals surface area contributed by atoms with Crippen LogP contribution in [-0.4, -0.2) is 33.8 Å². The summed E-state index contributed by atoms with van der Waals surface area (Å²) in [6.07, 6.45) is 21.0. The Bertz CT molecular complexity index is 1360. The normalized spacial score (nSPS) is 11.5. The molecule has 0 radical (unpaired) electrons. The number of hydrogen-bond donors (Lipinski definition) is 6. The Morgan fingerprint density at radius 3 is 1.48 bits per heavy atom. The van der Waals surface area contributed by atoms with Crippen molar-refractivity contribution in [1.29, 1.82) is 0 Å². The number of unbranched alkanes of at least 4 members (excludes halogenated alkanes) is 13. The van der Waals surface area contributed by atoms with E-state index >= 15 is 0 Å². The van der Waals surface area contributed by atoms with Gasteiger partial charge in [-0.05, 0) is 80.3 Å². The molecule has 1 atom stereocenters. The number of phenolic OH excluding ortho intramolecular Hbond substituents is 2.